The zero-order chi connectivity index (χ0) is 15.6. The number of nitrogens with one attached hydrogen (secondary N) is 1. The fourth-order valence-corrected chi connectivity index (χ4v) is 2.19. The van der Waals surface area contributed by atoms with Crippen molar-refractivity contribution in [2.45, 2.75) is 13.8 Å². The molecule has 1 amide bonds. The van der Waals surface area contributed by atoms with Gasteiger partial charge in [0.2, 0.25) is 0 Å². The van der Waals surface area contributed by atoms with Gasteiger partial charge in [-0.2, -0.15) is 0 Å². The van der Waals surface area contributed by atoms with Crippen LogP contribution in [0.5, 0.6) is 0 Å². The molecule has 0 saturated heterocycles. The van der Waals surface area contributed by atoms with Gasteiger partial charge in [-0.25, -0.2) is 0 Å². The number of anilines is 3. The molecule has 0 aliphatic heterocycles. The van der Waals surface area contributed by atoms with Gasteiger partial charge in [-0.15, -0.1) is 0 Å². The van der Waals surface area contributed by atoms with Gasteiger partial charge in [0.05, 0.1) is 5.56 Å². The monoisotopic (exact) mass is 283 g/mol. The van der Waals surface area contributed by atoms with Gasteiger partial charge in [-0.1, -0.05) is 12.1 Å². The maximum atomic E-state index is 12.6. The number of nitrogens with two attached hydrogens (primary N) is 1. The Labute approximate surface area is 125 Å². The summed E-state index contributed by atoms with van der Waals surface area (Å²) in [6, 6.07) is 11.3. The molecule has 21 heavy (non-hydrogen) atoms. The number of nitrogens with zero attached hydrogens (tertiary/aromatic N) is 1. The second kappa shape index (κ2) is 5.87. The van der Waals surface area contributed by atoms with Crippen molar-refractivity contribution in [3.8, 4) is 0 Å². The van der Waals surface area contributed by atoms with Crippen LogP contribution in [0.1, 0.15) is 21.5 Å². The quantitative estimate of drug-likeness (QED) is 0.850. The Bertz CT molecular complexity index is 678. The second-order valence-corrected chi connectivity index (χ2v) is 5.44. The number of carbonyl (C=O) groups is 1. The molecule has 0 spiro atoms. The maximum Gasteiger partial charge on any atom is 0.257 e. The minimum Gasteiger partial charge on any atom is -0.399 e. The Balaban J connectivity index is 2.36. The van der Waals surface area contributed by atoms with Crippen molar-refractivity contribution < 1.29 is 4.79 Å². The normalized spacial score (nSPS) is 10.3. The van der Waals surface area contributed by atoms with Crippen LogP contribution < -0.4 is 16.0 Å². The largest absolute Gasteiger partial charge is 0.399 e. The zero-order valence-electron chi connectivity index (χ0n) is 12.9. The van der Waals surface area contributed by atoms with Crippen LogP contribution in [0.15, 0.2) is 36.4 Å². The summed E-state index contributed by atoms with van der Waals surface area (Å²) in [4.78, 5) is 14.5. The average molecular weight is 283 g/mol. The third kappa shape index (κ3) is 3.34. The van der Waals surface area contributed by atoms with Crippen molar-refractivity contribution in [1.82, 2.24) is 0 Å². The van der Waals surface area contributed by atoms with E-state index in [1.807, 2.05) is 57.1 Å². The van der Waals surface area contributed by atoms with Crippen molar-refractivity contribution in [3.05, 3.63) is 53.1 Å². The van der Waals surface area contributed by atoms with Crippen molar-refractivity contribution in [2.24, 2.45) is 0 Å². The average Bonchev–Trinajstić information content (AvgIpc) is 2.42. The molecule has 4 heteroatoms. The summed E-state index contributed by atoms with van der Waals surface area (Å²) in [5.74, 6) is -0.153. The van der Waals surface area contributed by atoms with E-state index in [-0.39, 0.29) is 5.91 Å². The van der Waals surface area contributed by atoms with Gasteiger partial charge in [-0.3, -0.25) is 4.79 Å². The van der Waals surface area contributed by atoms with Crippen LogP contribution in [-0.2, 0) is 0 Å². The molecule has 0 saturated carbocycles. The molecule has 2 rings (SSSR count). The lowest BCUT2D eigenvalue weighted by molar-refractivity contribution is 0.102. The van der Waals surface area contributed by atoms with Crippen molar-refractivity contribution in [2.75, 3.05) is 30.0 Å². The number of rotatable bonds is 3. The minimum atomic E-state index is -0.153. The highest BCUT2D eigenvalue weighted by molar-refractivity contribution is 6.09. The van der Waals surface area contributed by atoms with E-state index in [9.17, 15) is 4.79 Å². The zero-order valence-corrected chi connectivity index (χ0v) is 12.9. The molecule has 0 atom stereocenters. The second-order valence-electron chi connectivity index (χ2n) is 5.44. The van der Waals surface area contributed by atoms with E-state index in [0.29, 0.717) is 11.3 Å². The van der Waals surface area contributed by atoms with Gasteiger partial charge in [0.25, 0.3) is 5.91 Å². The lowest BCUT2D eigenvalue weighted by atomic mass is 10.1. The molecular formula is C17H21N3O. The van der Waals surface area contributed by atoms with Crippen LogP contribution in [0.4, 0.5) is 17.1 Å². The van der Waals surface area contributed by atoms with Crippen LogP contribution in [-0.4, -0.2) is 20.0 Å². The summed E-state index contributed by atoms with van der Waals surface area (Å²) < 4.78 is 0. The SMILES string of the molecule is Cc1ccc(C)c(NC(=O)c2cc(N)ccc2N(C)C)c1. The first-order valence-electron chi connectivity index (χ1n) is 6.84. The van der Waals surface area contributed by atoms with Gasteiger partial charge in [-0.05, 0) is 49.2 Å². The van der Waals surface area contributed by atoms with Crippen LogP contribution in [0, 0.1) is 13.8 Å². The van der Waals surface area contributed by atoms with Crippen molar-refractivity contribution in [3.63, 3.8) is 0 Å². The van der Waals surface area contributed by atoms with E-state index in [2.05, 4.69) is 5.32 Å². The topological polar surface area (TPSA) is 58.4 Å². The Morgan fingerprint density at radius 2 is 1.81 bits per heavy atom. The summed E-state index contributed by atoms with van der Waals surface area (Å²) in [6.45, 7) is 3.97. The molecule has 2 aromatic carbocycles. The van der Waals surface area contributed by atoms with E-state index in [0.717, 1.165) is 22.5 Å². The number of nitrogen functional groups attached to an aromatic ring is 1. The lowest BCUT2D eigenvalue weighted by Gasteiger charge is -2.18. The molecule has 0 aliphatic rings. The number of hydrogen-bond donors (Lipinski definition) is 2. The Morgan fingerprint density at radius 1 is 1.10 bits per heavy atom. The summed E-state index contributed by atoms with van der Waals surface area (Å²) in [7, 11) is 3.81. The number of aryl methyl sites for hydroxylation is 2. The van der Waals surface area contributed by atoms with Gasteiger partial charge < -0.3 is 16.0 Å². The molecule has 110 valence electrons. The third-order valence-corrected chi connectivity index (χ3v) is 3.39. The molecular weight excluding hydrogens is 262 g/mol. The van der Waals surface area contributed by atoms with Gasteiger partial charge >= 0.3 is 0 Å². The van der Waals surface area contributed by atoms with Crippen molar-refractivity contribution >= 4 is 23.0 Å². The van der Waals surface area contributed by atoms with E-state index < -0.39 is 0 Å². The van der Waals surface area contributed by atoms with Gasteiger partial charge in [0.1, 0.15) is 0 Å². The van der Waals surface area contributed by atoms with E-state index in [4.69, 9.17) is 5.73 Å². The van der Waals surface area contributed by atoms with Crippen LogP contribution in [0.2, 0.25) is 0 Å². The Morgan fingerprint density at radius 3 is 2.48 bits per heavy atom. The van der Waals surface area contributed by atoms with Crippen LogP contribution in [0.3, 0.4) is 0 Å². The molecule has 0 aromatic heterocycles. The van der Waals surface area contributed by atoms with Crippen molar-refractivity contribution in [1.29, 1.82) is 0 Å². The van der Waals surface area contributed by atoms with Crippen LogP contribution >= 0.6 is 0 Å². The maximum absolute atomic E-state index is 12.6. The molecule has 0 aliphatic carbocycles. The smallest absolute Gasteiger partial charge is 0.257 e. The number of benzene rings is 2. The highest BCUT2D eigenvalue weighted by Crippen LogP contribution is 2.24. The molecule has 0 heterocycles. The minimum absolute atomic E-state index is 0.153. The Hall–Kier alpha value is -2.49. The van der Waals surface area contributed by atoms with Crippen LogP contribution in [0.25, 0.3) is 0 Å². The molecule has 0 unspecified atom stereocenters. The number of hydrogen-bond acceptors (Lipinski definition) is 3. The van der Waals surface area contributed by atoms with E-state index in [1.165, 1.54) is 0 Å². The third-order valence-electron chi connectivity index (χ3n) is 3.39. The summed E-state index contributed by atoms with van der Waals surface area (Å²) in [6.07, 6.45) is 0. The standard InChI is InChI=1S/C17H21N3O/c1-11-5-6-12(2)15(9-11)19-17(21)14-10-13(18)7-8-16(14)20(3)4/h5-10H,18H2,1-4H3,(H,19,21). The number of amides is 1. The molecule has 0 radical (unpaired) electrons. The molecule has 2 aromatic rings. The molecule has 0 fully saturated rings. The first kappa shape index (κ1) is 14.9. The van der Waals surface area contributed by atoms with E-state index in [1.54, 1.807) is 12.1 Å². The summed E-state index contributed by atoms with van der Waals surface area (Å²) in [5, 5.41) is 2.97. The highest BCUT2D eigenvalue weighted by Gasteiger charge is 2.14. The molecule has 0 bridgehead atoms. The highest BCUT2D eigenvalue weighted by atomic mass is 16.1. The first-order valence-corrected chi connectivity index (χ1v) is 6.84. The predicted octanol–water partition coefficient (Wildman–Crippen LogP) is 3.20. The molecule has 4 nitrogen and oxygen atoms in total. The Kier molecular flexibility index (Phi) is 4.17. The van der Waals surface area contributed by atoms with E-state index >= 15 is 0 Å². The lowest BCUT2D eigenvalue weighted by Crippen LogP contribution is -2.19. The van der Waals surface area contributed by atoms with Gasteiger partial charge in [0, 0.05) is 31.2 Å². The first-order chi connectivity index (χ1) is 9.88. The molecule has 3 N–H and O–H groups in total. The predicted molar refractivity (Wildman–Crippen MR) is 89.1 cm³/mol. The summed E-state index contributed by atoms with van der Waals surface area (Å²) >= 11 is 0. The van der Waals surface area contributed by atoms with Gasteiger partial charge in [0.15, 0.2) is 0 Å². The number of carbonyl (C=O) groups excluding carboxylic acids is 1. The fraction of sp³-hybridized carbons (Fsp3) is 0.235. The summed E-state index contributed by atoms with van der Waals surface area (Å²) in [5.41, 5.74) is 10.8. The fourth-order valence-electron chi connectivity index (χ4n) is 2.19.